The van der Waals surface area contributed by atoms with Gasteiger partial charge in [0.25, 0.3) is 0 Å². The van der Waals surface area contributed by atoms with Gasteiger partial charge >= 0.3 is 0 Å². The van der Waals surface area contributed by atoms with Crippen LogP contribution in [0.3, 0.4) is 0 Å². The Morgan fingerprint density at radius 2 is 1.72 bits per heavy atom. The van der Waals surface area contributed by atoms with Crippen LogP contribution in [0, 0.1) is 11.8 Å². The zero-order chi connectivity index (χ0) is 20.1. The van der Waals surface area contributed by atoms with Gasteiger partial charge in [-0.1, -0.05) is 54.1 Å². The largest absolute Gasteiger partial charge is 0.292 e. The van der Waals surface area contributed by atoms with Crippen molar-refractivity contribution in [1.82, 2.24) is 5.01 Å². The van der Waals surface area contributed by atoms with E-state index in [-0.39, 0.29) is 11.7 Å². The first-order valence-corrected chi connectivity index (χ1v) is 9.67. The lowest BCUT2D eigenvalue weighted by molar-refractivity contribution is -0.123. The number of ketones is 1. The van der Waals surface area contributed by atoms with Gasteiger partial charge in [-0.15, -0.1) is 0 Å². The van der Waals surface area contributed by atoms with E-state index in [2.05, 4.69) is 5.10 Å². The van der Waals surface area contributed by atoms with Crippen LogP contribution in [-0.4, -0.2) is 40.9 Å². The van der Waals surface area contributed by atoms with Gasteiger partial charge in [0.15, 0.2) is 5.78 Å². The predicted octanol–water partition coefficient (Wildman–Crippen LogP) is 2.94. The predicted molar refractivity (Wildman–Crippen MR) is 109 cm³/mol. The maximum atomic E-state index is 13.4. The number of hydrogen-bond acceptors (Lipinski definition) is 5. The number of hydrogen-bond donors (Lipinski definition) is 0. The number of amides is 2. The molecular formula is C22H16ClN3O3. The number of carbonyl (C=O) groups is 3. The average Bonchev–Trinajstić information content (AvgIpc) is 3.21. The van der Waals surface area contributed by atoms with Gasteiger partial charge < -0.3 is 0 Å². The number of hydrazone groups is 1. The van der Waals surface area contributed by atoms with Gasteiger partial charge in [0, 0.05) is 16.8 Å². The van der Waals surface area contributed by atoms with E-state index in [1.165, 1.54) is 0 Å². The van der Waals surface area contributed by atoms with Crippen molar-refractivity contribution in [3.63, 3.8) is 0 Å². The first kappa shape index (κ1) is 17.8. The van der Waals surface area contributed by atoms with E-state index < -0.39 is 29.8 Å². The molecule has 0 saturated carbocycles. The molecule has 0 radical (unpaired) electrons. The number of fused-ring (bicyclic) bond motifs is 3. The Hall–Kier alpha value is -3.25. The lowest BCUT2D eigenvalue weighted by atomic mass is 9.86. The highest BCUT2D eigenvalue weighted by Gasteiger charge is 2.64. The lowest BCUT2D eigenvalue weighted by Crippen LogP contribution is -2.46. The Morgan fingerprint density at radius 1 is 0.966 bits per heavy atom. The molecule has 0 aromatic heterocycles. The highest BCUT2D eigenvalue weighted by atomic mass is 35.5. The molecule has 0 unspecified atom stereocenters. The van der Waals surface area contributed by atoms with Crippen LogP contribution in [0.1, 0.15) is 10.4 Å². The highest BCUT2D eigenvalue weighted by Crippen LogP contribution is 2.46. The van der Waals surface area contributed by atoms with Gasteiger partial charge in [-0.3, -0.25) is 19.4 Å². The molecule has 2 aromatic carbocycles. The average molecular weight is 406 g/mol. The fraction of sp³-hybridized carbons (Fsp3) is 0.182. The van der Waals surface area contributed by atoms with E-state index in [0.29, 0.717) is 16.3 Å². The summed E-state index contributed by atoms with van der Waals surface area (Å²) in [6.45, 7) is 0. The van der Waals surface area contributed by atoms with E-state index >= 15 is 0 Å². The molecular weight excluding hydrogens is 390 g/mol. The van der Waals surface area contributed by atoms with Crippen LogP contribution >= 0.6 is 11.6 Å². The van der Waals surface area contributed by atoms with E-state index in [1.54, 1.807) is 65.8 Å². The van der Waals surface area contributed by atoms with Gasteiger partial charge in [-0.2, -0.15) is 5.10 Å². The molecule has 2 saturated heterocycles. The first-order valence-electron chi connectivity index (χ1n) is 9.29. The van der Waals surface area contributed by atoms with Crippen molar-refractivity contribution >= 4 is 41.1 Å². The summed E-state index contributed by atoms with van der Waals surface area (Å²) in [5.74, 6) is -2.42. The summed E-state index contributed by atoms with van der Waals surface area (Å²) in [5, 5.41) is 6.38. The Kier molecular flexibility index (Phi) is 4.10. The third-order valence-electron chi connectivity index (χ3n) is 5.68. The number of rotatable bonds is 3. The summed E-state index contributed by atoms with van der Waals surface area (Å²) in [5.41, 5.74) is 0.908. The molecule has 0 bridgehead atoms. The third-order valence-corrected chi connectivity index (χ3v) is 5.92. The number of nitrogens with zero attached hydrogens (tertiary/aromatic N) is 3. The van der Waals surface area contributed by atoms with Crippen LogP contribution in [0.15, 0.2) is 71.9 Å². The van der Waals surface area contributed by atoms with Crippen LogP contribution in [-0.2, 0) is 9.59 Å². The summed E-state index contributed by atoms with van der Waals surface area (Å²) in [6, 6.07) is 14.1. The summed E-state index contributed by atoms with van der Waals surface area (Å²) in [7, 11) is 0. The fourth-order valence-corrected chi connectivity index (χ4v) is 4.66. The number of carbonyl (C=O) groups excluding carboxylic acids is 3. The SMILES string of the molecule is O=C(c1ccccc1)[C@@H]1[C@H]2C(=O)N(c3cccc(Cl)c3)C(=O)[C@@H]2[C@H]2C=CC=NN21. The van der Waals surface area contributed by atoms with Crippen molar-refractivity contribution in [1.29, 1.82) is 0 Å². The second kappa shape index (κ2) is 6.67. The quantitative estimate of drug-likeness (QED) is 0.581. The Bertz CT molecular complexity index is 1080. The molecule has 0 aliphatic carbocycles. The first-order chi connectivity index (χ1) is 14.1. The highest BCUT2D eigenvalue weighted by molar-refractivity contribution is 6.31. The van der Waals surface area contributed by atoms with Crippen molar-refractivity contribution in [3.8, 4) is 0 Å². The Morgan fingerprint density at radius 3 is 2.48 bits per heavy atom. The van der Waals surface area contributed by atoms with Gasteiger partial charge in [0.2, 0.25) is 11.8 Å². The van der Waals surface area contributed by atoms with Gasteiger partial charge in [0.1, 0.15) is 6.04 Å². The molecule has 7 heteroatoms. The van der Waals surface area contributed by atoms with E-state index in [4.69, 9.17) is 11.6 Å². The van der Waals surface area contributed by atoms with Crippen molar-refractivity contribution in [3.05, 3.63) is 77.3 Å². The molecule has 0 N–H and O–H groups in total. The Labute approximate surface area is 172 Å². The lowest BCUT2D eigenvalue weighted by Gasteiger charge is -2.30. The van der Waals surface area contributed by atoms with E-state index in [1.807, 2.05) is 12.1 Å². The molecule has 3 aliphatic heterocycles. The molecule has 0 spiro atoms. The minimum atomic E-state index is -0.839. The number of imide groups is 1. The van der Waals surface area contributed by atoms with Crippen LogP contribution in [0.4, 0.5) is 5.69 Å². The molecule has 2 amide bonds. The number of Topliss-reactive ketones (excluding diaryl/α,β-unsaturated/α-hetero) is 1. The van der Waals surface area contributed by atoms with Crippen LogP contribution < -0.4 is 4.90 Å². The molecule has 3 aliphatic rings. The van der Waals surface area contributed by atoms with Crippen molar-refractivity contribution in [2.75, 3.05) is 4.90 Å². The summed E-state index contributed by atoms with van der Waals surface area (Å²) in [4.78, 5) is 41.2. The zero-order valence-corrected chi connectivity index (χ0v) is 15.9. The third kappa shape index (κ3) is 2.63. The van der Waals surface area contributed by atoms with Crippen molar-refractivity contribution < 1.29 is 14.4 Å². The molecule has 2 aromatic rings. The molecule has 29 heavy (non-hydrogen) atoms. The summed E-state index contributed by atoms with van der Waals surface area (Å²) < 4.78 is 0. The zero-order valence-electron chi connectivity index (χ0n) is 15.2. The molecule has 3 heterocycles. The molecule has 144 valence electrons. The monoisotopic (exact) mass is 405 g/mol. The Balaban J connectivity index is 1.59. The standard InChI is InChI=1S/C22H16ClN3O3/c23-14-8-4-9-15(12-14)25-21(28)17-16-10-5-11-24-26(16)19(18(17)22(25)29)20(27)13-6-2-1-3-7-13/h1-12,16-19H/t16-,17-,18+,19+/m1/s1. The normalized spacial score (nSPS) is 27.3. The maximum absolute atomic E-state index is 13.4. The smallest absolute Gasteiger partial charge is 0.240 e. The maximum Gasteiger partial charge on any atom is 0.240 e. The fourth-order valence-electron chi connectivity index (χ4n) is 4.48. The number of allylic oxidation sites excluding steroid dienone is 1. The molecule has 6 nitrogen and oxygen atoms in total. The summed E-state index contributed by atoms with van der Waals surface area (Å²) >= 11 is 6.07. The van der Waals surface area contributed by atoms with Gasteiger partial charge in [-0.25, -0.2) is 4.90 Å². The molecule has 5 rings (SSSR count). The second-order valence-corrected chi connectivity index (χ2v) is 7.67. The number of halogens is 1. The van der Waals surface area contributed by atoms with Gasteiger partial charge in [0.05, 0.1) is 23.6 Å². The second-order valence-electron chi connectivity index (χ2n) is 7.24. The topological polar surface area (TPSA) is 70.0 Å². The summed E-state index contributed by atoms with van der Waals surface area (Å²) in [6.07, 6.45) is 5.15. The van der Waals surface area contributed by atoms with Crippen LogP contribution in [0.25, 0.3) is 0 Å². The number of benzene rings is 2. The van der Waals surface area contributed by atoms with E-state index in [0.717, 1.165) is 4.90 Å². The minimum Gasteiger partial charge on any atom is -0.292 e. The van der Waals surface area contributed by atoms with Crippen molar-refractivity contribution in [2.45, 2.75) is 12.1 Å². The number of anilines is 1. The van der Waals surface area contributed by atoms with Crippen LogP contribution in [0.2, 0.25) is 5.02 Å². The van der Waals surface area contributed by atoms with E-state index in [9.17, 15) is 14.4 Å². The molecule has 4 atom stereocenters. The van der Waals surface area contributed by atoms with Crippen LogP contribution in [0.5, 0.6) is 0 Å². The molecule has 2 fully saturated rings. The van der Waals surface area contributed by atoms with Crippen molar-refractivity contribution in [2.24, 2.45) is 16.9 Å². The minimum absolute atomic E-state index is 0.218. The van der Waals surface area contributed by atoms with Gasteiger partial charge in [-0.05, 0) is 24.3 Å².